The van der Waals surface area contributed by atoms with Gasteiger partial charge in [-0.1, -0.05) is 22.9 Å². The third kappa shape index (κ3) is 5.17. The Hall–Kier alpha value is -1.33. The quantitative estimate of drug-likeness (QED) is 0.789. The van der Waals surface area contributed by atoms with Gasteiger partial charge >= 0.3 is 0 Å². The van der Waals surface area contributed by atoms with Crippen molar-refractivity contribution >= 4 is 15.9 Å². The van der Waals surface area contributed by atoms with Crippen molar-refractivity contribution in [1.82, 2.24) is 15.1 Å². The molecule has 0 radical (unpaired) electrons. The zero-order valence-electron chi connectivity index (χ0n) is 12.6. The predicted molar refractivity (Wildman–Crippen MR) is 88.5 cm³/mol. The highest BCUT2D eigenvalue weighted by Gasteiger charge is 2.08. The van der Waals surface area contributed by atoms with Crippen LogP contribution in [0.15, 0.2) is 41.1 Å². The van der Waals surface area contributed by atoms with E-state index in [0.717, 1.165) is 36.3 Å². The standard InChI is InChI=1S/C16H22BrN3O/c1-3-9-21-16-6-5-15(17)10-14(16)11-18-13(2)12-20-8-4-7-19-20/h4-8,10,13,18H,3,9,11-12H2,1-2H3. The molecule has 0 amide bonds. The first kappa shape index (κ1) is 16.0. The molecule has 0 spiro atoms. The molecule has 2 rings (SSSR count). The molecule has 0 bridgehead atoms. The Morgan fingerprint density at radius 3 is 3.00 bits per heavy atom. The van der Waals surface area contributed by atoms with E-state index in [2.05, 4.69) is 46.3 Å². The monoisotopic (exact) mass is 351 g/mol. The Morgan fingerprint density at radius 2 is 2.29 bits per heavy atom. The molecular formula is C16H22BrN3O. The molecule has 1 aromatic heterocycles. The highest BCUT2D eigenvalue weighted by Crippen LogP contribution is 2.23. The van der Waals surface area contributed by atoms with Crippen LogP contribution in [0.25, 0.3) is 0 Å². The van der Waals surface area contributed by atoms with Crippen molar-refractivity contribution in [3.8, 4) is 5.75 Å². The van der Waals surface area contributed by atoms with E-state index in [4.69, 9.17) is 4.74 Å². The SMILES string of the molecule is CCCOc1ccc(Br)cc1CNC(C)Cn1cccn1. The molecule has 2 aromatic rings. The summed E-state index contributed by atoms with van der Waals surface area (Å²) < 4.78 is 8.81. The number of nitrogens with one attached hydrogen (secondary N) is 1. The molecule has 0 fully saturated rings. The average molecular weight is 352 g/mol. The van der Waals surface area contributed by atoms with Gasteiger partial charge in [0.05, 0.1) is 13.2 Å². The van der Waals surface area contributed by atoms with Crippen molar-refractivity contribution in [1.29, 1.82) is 0 Å². The van der Waals surface area contributed by atoms with Gasteiger partial charge in [0.1, 0.15) is 5.75 Å². The number of aromatic nitrogens is 2. The van der Waals surface area contributed by atoms with E-state index in [1.54, 1.807) is 6.20 Å². The summed E-state index contributed by atoms with van der Waals surface area (Å²) in [6, 6.07) is 8.43. The Kier molecular flexibility index (Phi) is 6.26. The van der Waals surface area contributed by atoms with Gasteiger partial charge in [-0.3, -0.25) is 4.68 Å². The summed E-state index contributed by atoms with van der Waals surface area (Å²) in [5.41, 5.74) is 1.17. The second-order valence-corrected chi connectivity index (χ2v) is 6.03. The summed E-state index contributed by atoms with van der Waals surface area (Å²) >= 11 is 3.52. The molecule has 0 saturated heterocycles. The fourth-order valence-corrected chi connectivity index (χ4v) is 2.49. The molecule has 0 aliphatic rings. The average Bonchev–Trinajstić information content (AvgIpc) is 2.97. The first-order valence-corrected chi connectivity index (χ1v) is 8.10. The molecule has 0 aliphatic carbocycles. The van der Waals surface area contributed by atoms with Crippen molar-refractivity contribution in [2.75, 3.05) is 6.61 Å². The number of halogens is 1. The van der Waals surface area contributed by atoms with E-state index in [1.807, 2.05) is 29.1 Å². The molecule has 0 saturated carbocycles. The fourth-order valence-electron chi connectivity index (χ4n) is 2.08. The van der Waals surface area contributed by atoms with Gasteiger partial charge in [0.25, 0.3) is 0 Å². The maximum Gasteiger partial charge on any atom is 0.123 e. The smallest absolute Gasteiger partial charge is 0.123 e. The van der Waals surface area contributed by atoms with E-state index < -0.39 is 0 Å². The number of ether oxygens (including phenoxy) is 1. The van der Waals surface area contributed by atoms with Gasteiger partial charge in [-0.05, 0) is 37.6 Å². The van der Waals surface area contributed by atoms with Crippen molar-refractivity contribution in [3.05, 3.63) is 46.7 Å². The number of hydrogen-bond acceptors (Lipinski definition) is 3. The summed E-state index contributed by atoms with van der Waals surface area (Å²) in [5, 5.41) is 7.75. The summed E-state index contributed by atoms with van der Waals surface area (Å²) in [7, 11) is 0. The maximum atomic E-state index is 5.80. The summed E-state index contributed by atoms with van der Waals surface area (Å²) in [5.74, 6) is 0.957. The lowest BCUT2D eigenvalue weighted by atomic mass is 10.2. The molecule has 114 valence electrons. The summed E-state index contributed by atoms with van der Waals surface area (Å²) in [6.45, 7) is 6.65. The first-order chi connectivity index (χ1) is 10.2. The minimum absolute atomic E-state index is 0.336. The van der Waals surface area contributed by atoms with Crippen LogP contribution in [0.1, 0.15) is 25.8 Å². The van der Waals surface area contributed by atoms with Crippen molar-refractivity contribution in [2.45, 2.75) is 39.4 Å². The van der Waals surface area contributed by atoms with Crippen molar-refractivity contribution in [2.24, 2.45) is 0 Å². The van der Waals surface area contributed by atoms with Gasteiger partial charge < -0.3 is 10.1 Å². The lowest BCUT2D eigenvalue weighted by Gasteiger charge is -2.16. The van der Waals surface area contributed by atoms with Gasteiger partial charge in [-0.25, -0.2) is 0 Å². The van der Waals surface area contributed by atoms with Gasteiger partial charge in [0.2, 0.25) is 0 Å². The lowest BCUT2D eigenvalue weighted by molar-refractivity contribution is 0.312. The number of hydrogen-bond donors (Lipinski definition) is 1. The minimum atomic E-state index is 0.336. The Bertz CT molecular complexity index is 542. The molecule has 1 aromatic carbocycles. The zero-order valence-corrected chi connectivity index (χ0v) is 14.1. The molecule has 1 atom stereocenters. The van der Waals surface area contributed by atoms with Crippen molar-refractivity contribution in [3.63, 3.8) is 0 Å². The lowest BCUT2D eigenvalue weighted by Crippen LogP contribution is -2.30. The molecular weight excluding hydrogens is 330 g/mol. The number of benzene rings is 1. The molecule has 0 aliphatic heterocycles. The molecule has 1 N–H and O–H groups in total. The Labute approximate surface area is 134 Å². The highest BCUT2D eigenvalue weighted by atomic mass is 79.9. The second-order valence-electron chi connectivity index (χ2n) is 5.11. The molecule has 4 nitrogen and oxygen atoms in total. The number of nitrogens with zero attached hydrogens (tertiary/aromatic N) is 2. The molecule has 1 heterocycles. The zero-order chi connectivity index (χ0) is 15.1. The van der Waals surface area contributed by atoms with E-state index in [1.165, 1.54) is 5.56 Å². The van der Waals surface area contributed by atoms with Crippen LogP contribution < -0.4 is 10.1 Å². The van der Waals surface area contributed by atoms with Crippen molar-refractivity contribution < 1.29 is 4.74 Å². The third-order valence-electron chi connectivity index (χ3n) is 3.15. The highest BCUT2D eigenvalue weighted by molar-refractivity contribution is 9.10. The summed E-state index contributed by atoms with van der Waals surface area (Å²) in [6.07, 6.45) is 4.80. The van der Waals surface area contributed by atoms with Crippen LogP contribution >= 0.6 is 15.9 Å². The molecule has 5 heteroatoms. The molecule has 1 unspecified atom stereocenters. The topological polar surface area (TPSA) is 39.1 Å². The first-order valence-electron chi connectivity index (χ1n) is 7.31. The second kappa shape index (κ2) is 8.20. The van der Waals surface area contributed by atoms with Gasteiger partial charge in [-0.2, -0.15) is 5.10 Å². The maximum absolute atomic E-state index is 5.80. The predicted octanol–water partition coefficient (Wildman–Crippen LogP) is 3.61. The van der Waals surface area contributed by atoms with Crippen LogP contribution in [0.5, 0.6) is 5.75 Å². The summed E-state index contributed by atoms with van der Waals surface area (Å²) in [4.78, 5) is 0. The van der Waals surface area contributed by atoms with Crippen LogP contribution in [0.2, 0.25) is 0 Å². The van der Waals surface area contributed by atoms with E-state index in [0.29, 0.717) is 6.04 Å². The molecule has 21 heavy (non-hydrogen) atoms. The largest absolute Gasteiger partial charge is 0.493 e. The van der Waals surface area contributed by atoms with Gasteiger partial charge in [-0.15, -0.1) is 0 Å². The van der Waals surface area contributed by atoms with Gasteiger partial charge in [0, 0.05) is 35.0 Å². The Morgan fingerprint density at radius 1 is 1.43 bits per heavy atom. The van der Waals surface area contributed by atoms with Crippen LogP contribution in [-0.2, 0) is 13.1 Å². The van der Waals surface area contributed by atoms with Crippen LogP contribution in [0.4, 0.5) is 0 Å². The van der Waals surface area contributed by atoms with E-state index >= 15 is 0 Å². The Balaban J connectivity index is 1.93. The van der Waals surface area contributed by atoms with E-state index in [9.17, 15) is 0 Å². The normalized spacial score (nSPS) is 12.3. The number of rotatable bonds is 8. The van der Waals surface area contributed by atoms with Gasteiger partial charge in [0.15, 0.2) is 0 Å². The fraction of sp³-hybridized carbons (Fsp3) is 0.438. The van der Waals surface area contributed by atoms with Crippen LogP contribution in [-0.4, -0.2) is 22.4 Å². The van der Waals surface area contributed by atoms with Crippen LogP contribution in [0.3, 0.4) is 0 Å². The minimum Gasteiger partial charge on any atom is -0.493 e. The van der Waals surface area contributed by atoms with Crippen LogP contribution in [0, 0.1) is 0 Å². The third-order valence-corrected chi connectivity index (χ3v) is 3.64. The van der Waals surface area contributed by atoms with E-state index in [-0.39, 0.29) is 0 Å².